The summed E-state index contributed by atoms with van der Waals surface area (Å²) in [5.74, 6) is -1.08. The Morgan fingerprint density at radius 3 is 0.534 bits per heavy atom. The molecular formula is C78H142N2O20Si16. The molecule has 4 amide bonds. The number of benzene rings is 5. The molecule has 0 radical (unpaired) electrons. The van der Waals surface area contributed by atoms with Crippen molar-refractivity contribution in [2.45, 2.75) is 348 Å². The van der Waals surface area contributed by atoms with E-state index in [1.807, 2.05) is 48.5 Å². The number of amides is 4. The van der Waals surface area contributed by atoms with Crippen molar-refractivity contribution in [1.82, 2.24) is 9.80 Å². The van der Waals surface area contributed by atoms with Gasteiger partial charge < -0.3 is 65.8 Å². The fraction of sp³-hybridized carbons (Fsp3) is 0.692. The van der Waals surface area contributed by atoms with Crippen LogP contribution < -0.4 is 0 Å². The van der Waals surface area contributed by atoms with Gasteiger partial charge in [0.2, 0.25) is 0 Å². The van der Waals surface area contributed by atoms with Crippen molar-refractivity contribution in [2.24, 2.45) is 0 Å². The lowest BCUT2D eigenvalue weighted by Crippen LogP contribution is -2.65. The number of hydrogen-bond donors (Lipinski definition) is 0. The van der Waals surface area contributed by atoms with Crippen LogP contribution in [0.4, 0.5) is 0 Å². The molecule has 6 aliphatic heterocycles. The SMILES string of the molecule is C[Si]1(C)O[Si](C)(C)O[Si](C)(CCCCCCC(CCCCCC[Si]2(C)O[Si](C)(C)O[Si](C)(C)O[Si](C)(C)O2)N2C(=O)c3ccc4c5ccc6c7c(ccc(c8ccc(c3c48)C2=O)c75)C(=O)N(C(CCCCCC[Si]2(C)O[Si](C)(C)O[Si](C)(C)O[Si](C)(C)O2)CCCCCC[Si]2(C)O[Si](C)(C)O[Si](C)(C)O[Si](C)(C)O2)C6=O)O[Si](C)(C)O1. The second-order valence-corrected chi connectivity index (χ2v) is 97.9. The van der Waals surface area contributed by atoms with Crippen LogP contribution in [0.15, 0.2) is 48.5 Å². The van der Waals surface area contributed by atoms with Gasteiger partial charge in [-0.3, -0.25) is 29.0 Å². The zero-order valence-electron chi connectivity index (χ0n) is 75.8. The highest BCUT2D eigenvalue weighted by molar-refractivity contribution is 6.96. The monoisotopic (exact) mass is 1870 g/mol. The lowest BCUT2D eigenvalue weighted by molar-refractivity contribution is 0.0501. The third kappa shape index (κ3) is 23.8. The number of carbonyl (C=O) groups is 4. The van der Waals surface area contributed by atoms with Gasteiger partial charge in [0, 0.05) is 45.1 Å². The van der Waals surface area contributed by atoms with Gasteiger partial charge >= 0.3 is 137 Å². The predicted octanol–water partition coefficient (Wildman–Crippen LogP) is 22.5. The zero-order chi connectivity index (χ0) is 85.5. The largest absolute Gasteiger partial charge is 0.416 e. The van der Waals surface area contributed by atoms with E-state index in [2.05, 4.69) is 183 Å². The molecule has 0 atom stereocenters. The summed E-state index contributed by atoms with van der Waals surface area (Å²) in [6.07, 6.45) is 17.3. The Labute approximate surface area is 711 Å². The van der Waals surface area contributed by atoms with E-state index in [9.17, 15) is 0 Å². The van der Waals surface area contributed by atoms with Crippen LogP contribution in [0.1, 0.15) is 170 Å². The normalized spacial score (nSPS) is 24.6. The maximum Gasteiger partial charge on any atom is 0.317 e. The van der Waals surface area contributed by atoms with Crippen LogP contribution >= 0.6 is 0 Å². The molecule has 6 heterocycles. The summed E-state index contributed by atoms with van der Waals surface area (Å²) < 4.78 is 109. The van der Waals surface area contributed by atoms with E-state index in [-0.39, 0.29) is 35.7 Å². The Morgan fingerprint density at radius 1 is 0.207 bits per heavy atom. The van der Waals surface area contributed by atoms with Gasteiger partial charge in [0.1, 0.15) is 0 Å². The van der Waals surface area contributed by atoms with Crippen LogP contribution in [-0.4, -0.2) is 182 Å². The number of unbranched alkanes of at least 4 members (excludes halogenated alkanes) is 12. The molecule has 648 valence electrons. The molecule has 6 aliphatic rings. The standard InChI is InChI=1S/C78H142N2O20Si16/c1-101(2)85-105(9,10)93-113(25,94-106(11,12)86-101)57-41-33-29-37-45-61(46-38-30-34-42-58-114(26)95-107(13,14)87-102(3,4)88-108(15,16)96-114)79-75(81)67-53-49-63-65-51-55-69-74-70(56-52-66(72(65)74)64-50-54-68(76(79)82)73(67)71(63)64)78(84)80(77(69)83)62(47-39-31-35-43-59-115(27)97-109(17,18)89-103(5,6)90-110(19,20)98-115)48-40-32-36-44-60-116(28)99-111(21,22)91-104(7,8)92-112(23,24)100-116/h49-56,61-62H,29-48,57-60H2,1-28H3. The summed E-state index contributed by atoms with van der Waals surface area (Å²) in [6, 6.07) is 18.4. The van der Waals surface area contributed by atoms with E-state index >= 15 is 19.2 Å². The Morgan fingerprint density at radius 2 is 0.362 bits per heavy atom. The van der Waals surface area contributed by atoms with E-state index in [1.54, 1.807) is 9.80 Å². The average Bonchev–Trinajstić information content (AvgIpc) is 0.687. The Balaban J connectivity index is 0.824. The van der Waals surface area contributed by atoms with Gasteiger partial charge in [-0.2, -0.15) is 0 Å². The molecule has 4 saturated heterocycles. The number of rotatable bonds is 30. The maximum absolute atomic E-state index is 15.7. The van der Waals surface area contributed by atoms with Gasteiger partial charge in [-0.25, -0.2) is 0 Å². The lowest BCUT2D eigenvalue weighted by atomic mass is 9.81. The molecule has 11 rings (SSSR count). The highest BCUT2D eigenvalue weighted by Gasteiger charge is 2.57. The second-order valence-electron chi connectivity index (χ2n) is 40.2. The summed E-state index contributed by atoms with van der Waals surface area (Å²) >= 11 is 0. The van der Waals surface area contributed by atoms with E-state index in [0.717, 1.165) is 159 Å². The summed E-state index contributed by atoms with van der Waals surface area (Å²) in [5.41, 5.74) is 2.04. The molecule has 0 spiro atoms. The highest BCUT2D eigenvalue weighted by atomic mass is 28.6. The van der Waals surface area contributed by atoms with Crippen molar-refractivity contribution in [1.29, 1.82) is 0 Å². The Bertz CT molecular complexity index is 3810. The average molecular weight is 1880 g/mol. The quantitative estimate of drug-likeness (QED) is 0.0137. The fourth-order valence-corrected chi connectivity index (χ4v) is 108. The molecule has 116 heavy (non-hydrogen) atoms. The van der Waals surface area contributed by atoms with Crippen molar-refractivity contribution >= 4 is 204 Å². The molecule has 0 N–H and O–H groups in total. The molecule has 4 fully saturated rings. The first kappa shape index (κ1) is 95.2. The van der Waals surface area contributed by atoms with E-state index < -0.39 is 137 Å². The minimum Gasteiger partial charge on any atom is -0.416 e. The first-order valence-corrected chi connectivity index (χ1v) is 87.3. The molecule has 38 heteroatoms. The van der Waals surface area contributed by atoms with Gasteiger partial charge in [-0.05, 0) is 290 Å². The second kappa shape index (κ2) is 35.0. The van der Waals surface area contributed by atoms with Crippen LogP contribution in [0, 0.1) is 0 Å². The third-order valence-electron chi connectivity index (χ3n) is 22.7. The first-order valence-electron chi connectivity index (χ1n) is 43.4. The number of carbonyl (C=O) groups excluding carboxylic acids is 4. The smallest absolute Gasteiger partial charge is 0.317 e. The number of hydrogen-bond acceptors (Lipinski definition) is 20. The van der Waals surface area contributed by atoms with Crippen molar-refractivity contribution < 1.29 is 85.0 Å². The molecule has 22 nitrogen and oxygen atoms in total. The van der Waals surface area contributed by atoms with Crippen molar-refractivity contribution in [3.8, 4) is 0 Å². The van der Waals surface area contributed by atoms with Crippen molar-refractivity contribution in [2.75, 3.05) is 0 Å². The molecule has 5 aromatic carbocycles. The lowest BCUT2D eigenvalue weighted by Gasteiger charge is -2.47. The topological polar surface area (TPSA) is 222 Å². The molecular weight excluding hydrogens is 1730 g/mol. The minimum absolute atomic E-state index is 0.271. The van der Waals surface area contributed by atoms with Crippen LogP contribution in [0.25, 0.3) is 43.1 Å². The van der Waals surface area contributed by atoms with Gasteiger partial charge in [0.25, 0.3) is 23.6 Å². The summed E-state index contributed by atoms with van der Waals surface area (Å²) in [4.78, 5) is 65.8. The summed E-state index contributed by atoms with van der Waals surface area (Å²) in [7, 11) is -40.7. The molecule has 0 saturated carbocycles. The van der Waals surface area contributed by atoms with Crippen LogP contribution in [0.5, 0.6) is 0 Å². The minimum atomic E-state index is -2.67. The van der Waals surface area contributed by atoms with Crippen LogP contribution in [0.2, 0.25) is 207 Å². The first-order chi connectivity index (χ1) is 53.3. The Hall–Kier alpha value is -1.49. The summed E-state index contributed by atoms with van der Waals surface area (Å²) in [5, 5.41) is 6.47. The van der Waals surface area contributed by atoms with Crippen molar-refractivity contribution in [3.05, 3.63) is 70.8 Å². The van der Waals surface area contributed by atoms with Gasteiger partial charge in [0.15, 0.2) is 0 Å². The number of imide groups is 2. The van der Waals surface area contributed by atoms with E-state index in [0.29, 0.717) is 58.7 Å². The predicted molar refractivity (Wildman–Crippen MR) is 501 cm³/mol. The third-order valence-corrected chi connectivity index (χ3v) is 88.8. The van der Waals surface area contributed by atoms with Crippen LogP contribution in [-0.2, 0) is 65.8 Å². The number of nitrogens with zero attached hydrogens (tertiary/aromatic N) is 2. The van der Waals surface area contributed by atoms with Gasteiger partial charge in [-0.15, -0.1) is 0 Å². The Kier molecular flexibility index (Phi) is 28.7. The molecule has 0 aliphatic carbocycles. The number of fused-ring (bicyclic) bond motifs is 2. The molecule has 0 bridgehead atoms. The molecule has 0 unspecified atom stereocenters. The van der Waals surface area contributed by atoms with Gasteiger partial charge in [-0.1, -0.05) is 127 Å². The molecule has 5 aromatic rings. The fourth-order valence-electron chi connectivity index (χ4n) is 21.1. The van der Waals surface area contributed by atoms with Crippen LogP contribution in [0.3, 0.4) is 0 Å². The van der Waals surface area contributed by atoms with Gasteiger partial charge in [0.05, 0.1) is 0 Å². The zero-order valence-corrected chi connectivity index (χ0v) is 91.8. The maximum atomic E-state index is 15.7. The van der Waals surface area contributed by atoms with E-state index in [1.165, 1.54) is 0 Å². The highest BCUT2D eigenvalue weighted by Crippen LogP contribution is 2.49. The van der Waals surface area contributed by atoms with E-state index in [4.69, 9.17) is 65.8 Å². The summed E-state index contributed by atoms with van der Waals surface area (Å²) in [6.45, 7) is 59.2. The van der Waals surface area contributed by atoms with Crippen molar-refractivity contribution in [3.63, 3.8) is 0 Å². The molecule has 0 aromatic heterocycles.